The number of alkyl carbamates (subject to hydrolysis) is 1. The number of fused-ring (bicyclic) bond motifs is 1. The van der Waals surface area contributed by atoms with Crippen LogP contribution in [0.2, 0.25) is 0 Å². The van der Waals surface area contributed by atoms with Gasteiger partial charge >= 0.3 is 12.1 Å². The SMILES string of the molecule is CCN1CCCC1CNC(=O)OCC1=C(C(=O)O)N2C(=O)C(NC(=O)Cc3ccccc3)[C@@H]2[S+]([O-])C1. The molecule has 0 saturated carbocycles. The summed E-state index contributed by atoms with van der Waals surface area (Å²) in [6.07, 6.45) is 1.37. The molecule has 0 aromatic heterocycles. The van der Waals surface area contributed by atoms with Gasteiger partial charge in [0.1, 0.15) is 18.1 Å². The van der Waals surface area contributed by atoms with Gasteiger partial charge in [-0.05, 0) is 42.7 Å². The molecule has 36 heavy (non-hydrogen) atoms. The van der Waals surface area contributed by atoms with E-state index in [0.717, 1.165) is 36.4 Å². The number of nitrogens with one attached hydrogen (secondary N) is 2. The maximum Gasteiger partial charge on any atom is 0.407 e. The monoisotopic (exact) mass is 518 g/mol. The number of likely N-dealkylation sites (tertiary alicyclic amines) is 1. The molecule has 0 bridgehead atoms. The van der Waals surface area contributed by atoms with Gasteiger partial charge in [-0.1, -0.05) is 37.3 Å². The predicted molar refractivity (Wildman–Crippen MR) is 130 cm³/mol. The van der Waals surface area contributed by atoms with Crippen LogP contribution in [-0.4, -0.2) is 92.8 Å². The number of rotatable bonds is 9. The van der Waals surface area contributed by atoms with E-state index in [9.17, 15) is 28.8 Å². The fourth-order valence-electron chi connectivity index (χ4n) is 4.92. The summed E-state index contributed by atoms with van der Waals surface area (Å²) in [6, 6.07) is 8.10. The molecule has 2 saturated heterocycles. The molecule has 11 nitrogen and oxygen atoms in total. The van der Waals surface area contributed by atoms with Gasteiger partial charge in [-0.3, -0.25) is 19.4 Å². The van der Waals surface area contributed by atoms with Crippen LogP contribution in [0.15, 0.2) is 41.6 Å². The molecule has 3 aliphatic rings. The van der Waals surface area contributed by atoms with E-state index in [0.29, 0.717) is 6.54 Å². The summed E-state index contributed by atoms with van der Waals surface area (Å²) < 4.78 is 18.1. The molecule has 3 amide bonds. The minimum Gasteiger partial charge on any atom is -0.614 e. The zero-order valence-electron chi connectivity index (χ0n) is 20.0. The quantitative estimate of drug-likeness (QED) is 0.310. The van der Waals surface area contributed by atoms with Crippen LogP contribution in [0.25, 0.3) is 0 Å². The zero-order valence-corrected chi connectivity index (χ0v) is 20.8. The number of carboxylic acids is 1. The third-order valence-corrected chi connectivity index (χ3v) is 8.35. The number of carbonyl (C=O) groups excluding carboxylic acids is 3. The summed E-state index contributed by atoms with van der Waals surface area (Å²) in [6.45, 7) is 3.95. The zero-order chi connectivity index (χ0) is 25.8. The number of likely N-dealkylation sites (N-methyl/N-ethyl adjacent to an activating group) is 1. The number of β-lactam (4-membered cyclic amide) rings is 1. The number of hydrogen-bond acceptors (Lipinski definition) is 7. The molecule has 12 heteroatoms. The normalized spacial score (nSPS) is 25.7. The number of hydrogen-bond donors (Lipinski definition) is 3. The van der Waals surface area contributed by atoms with Gasteiger partial charge in [-0.25, -0.2) is 9.59 Å². The van der Waals surface area contributed by atoms with Crippen molar-refractivity contribution in [2.45, 2.75) is 43.6 Å². The van der Waals surface area contributed by atoms with Crippen LogP contribution in [0.5, 0.6) is 0 Å². The Kier molecular flexibility index (Phi) is 8.17. The topological polar surface area (TPSA) is 151 Å². The maximum absolute atomic E-state index is 12.9. The van der Waals surface area contributed by atoms with Crippen molar-refractivity contribution in [3.8, 4) is 0 Å². The van der Waals surface area contributed by atoms with Gasteiger partial charge in [-0.15, -0.1) is 0 Å². The lowest BCUT2D eigenvalue weighted by Crippen LogP contribution is -2.75. The van der Waals surface area contributed by atoms with E-state index in [4.69, 9.17) is 4.74 Å². The third-order valence-electron chi connectivity index (χ3n) is 6.70. The van der Waals surface area contributed by atoms with Crippen molar-refractivity contribution in [3.63, 3.8) is 0 Å². The van der Waals surface area contributed by atoms with Crippen molar-refractivity contribution in [1.82, 2.24) is 20.4 Å². The molecule has 3 aliphatic heterocycles. The molecular formula is C24H30N4O7S. The second kappa shape index (κ2) is 11.3. The number of benzene rings is 1. The standard InChI is InChI=1S/C24H30N4O7S/c1-2-27-10-6-9-17(27)12-25-24(33)35-13-16-14-36(34)22-19(21(30)28(22)20(16)23(31)32)26-18(29)11-15-7-4-3-5-8-15/h3-5,7-8,17,19,22H,2,6,9-14H2,1H3,(H,25,33)(H,26,29)(H,31,32)/t17?,19?,22-,36?/m0/s1. The molecule has 1 aromatic carbocycles. The fraction of sp³-hybridized carbons (Fsp3) is 0.500. The Bertz CT molecular complexity index is 1050. The van der Waals surface area contributed by atoms with Crippen LogP contribution in [0.3, 0.4) is 0 Å². The third kappa shape index (κ3) is 5.50. The van der Waals surface area contributed by atoms with Crippen LogP contribution in [0.4, 0.5) is 4.79 Å². The maximum atomic E-state index is 12.9. The van der Waals surface area contributed by atoms with Crippen LogP contribution in [0, 0.1) is 0 Å². The molecule has 4 rings (SSSR count). The van der Waals surface area contributed by atoms with E-state index in [1.807, 2.05) is 6.07 Å². The first kappa shape index (κ1) is 26.0. The van der Waals surface area contributed by atoms with Crippen LogP contribution < -0.4 is 10.6 Å². The highest BCUT2D eigenvalue weighted by atomic mass is 32.2. The van der Waals surface area contributed by atoms with Crippen LogP contribution >= 0.6 is 0 Å². The van der Waals surface area contributed by atoms with Crippen LogP contribution in [0.1, 0.15) is 25.3 Å². The number of carboxylic acid groups (broad SMARTS) is 1. The van der Waals surface area contributed by atoms with E-state index < -0.39 is 53.1 Å². The minimum absolute atomic E-state index is 0.0384. The van der Waals surface area contributed by atoms with Crippen molar-refractivity contribution in [2.75, 3.05) is 32.0 Å². The molecule has 0 spiro atoms. The Morgan fingerprint density at radius 3 is 2.69 bits per heavy atom. The summed E-state index contributed by atoms with van der Waals surface area (Å²) in [5.74, 6) is -2.65. The summed E-state index contributed by atoms with van der Waals surface area (Å²) >= 11 is -1.68. The number of aliphatic carboxylic acids is 1. The summed E-state index contributed by atoms with van der Waals surface area (Å²) in [5.41, 5.74) is 0.493. The Labute approximate surface area is 212 Å². The molecule has 0 aliphatic carbocycles. The van der Waals surface area contributed by atoms with E-state index in [1.54, 1.807) is 24.3 Å². The molecule has 3 heterocycles. The number of ether oxygens (including phenoxy) is 1. The van der Waals surface area contributed by atoms with E-state index in [2.05, 4.69) is 22.5 Å². The van der Waals surface area contributed by atoms with Gasteiger partial charge < -0.3 is 25.0 Å². The van der Waals surface area contributed by atoms with Gasteiger partial charge in [0.2, 0.25) is 11.3 Å². The van der Waals surface area contributed by atoms with E-state index >= 15 is 0 Å². The molecule has 4 atom stereocenters. The number of amides is 3. The minimum atomic E-state index is -1.68. The Morgan fingerprint density at radius 2 is 2.00 bits per heavy atom. The molecule has 3 N–H and O–H groups in total. The molecule has 0 radical (unpaired) electrons. The average Bonchev–Trinajstić information content (AvgIpc) is 3.32. The van der Waals surface area contributed by atoms with Crippen molar-refractivity contribution in [3.05, 3.63) is 47.2 Å². The smallest absolute Gasteiger partial charge is 0.407 e. The fourth-order valence-corrected chi connectivity index (χ4v) is 6.58. The Morgan fingerprint density at radius 1 is 1.25 bits per heavy atom. The largest absolute Gasteiger partial charge is 0.614 e. The lowest BCUT2D eigenvalue weighted by Gasteiger charge is -2.48. The lowest BCUT2D eigenvalue weighted by atomic mass is 10.0. The highest BCUT2D eigenvalue weighted by Gasteiger charge is 2.61. The number of carbonyl (C=O) groups is 4. The number of nitrogens with zero attached hydrogens (tertiary/aromatic N) is 2. The second-order valence-electron chi connectivity index (χ2n) is 8.97. The van der Waals surface area contributed by atoms with Crippen molar-refractivity contribution in [1.29, 1.82) is 0 Å². The van der Waals surface area contributed by atoms with E-state index in [-0.39, 0.29) is 29.5 Å². The first-order valence-electron chi connectivity index (χ1n) is 11.9. The Hall–Kier alpha value is -3.09. The second-order valence-corrected chi connectivity index (χ2v) is 10.5. The molecular weight excluding hydrogens is 488 g/mol. The molecule has 2 fully saturated rings. The molecule has 194 valence electrons. The highest BCUT2D eigenvalue weighted by molar-refractivity contribution is 7.92. The molecule has 3 unspecified atom stereocenters. The van der Waals surface area contributed by atoms with Gasteiger partial charge in [0.05, 0.1) is 6.42 Å². The first-order valence-corrected chi connectivity index (χ1v) is 13.3. The van der Waals surface area contributed by atoms with Crippen LogP contribution in [-0.2, 0) is 36.7 Å². The van der Waals surface area contributed by atoms with Gasteiger partial charge in [0.15, 0.2) is 6.04 Å². The Balaban J connectivity index is 1.36. The van der Waals surface area contributed by atoms with Gasteiger partial charge in [0, 0.05) is 18.2 Å². The van der Waals surface area contributed by atoms with Crippen molar-refractivity contribution in [2.24, 2.45) is 0 Å². The van der Waals surface area contributed by atoms with Crippen molar-refractivity contribution < 1.29 is 33.6 Å². The van der Waals surface area contributed by atoms with Gasteiger partial charge in [-0.2, -0.15) is 0 Å². The first-order chi connectivity index (χ1) is 17.3. The van der Waals surface area contributed by atoms with Crippen molar-refractivity contribution >= 4 is 35.1 Å². The average molecular weight is 519 g/mol. The van der Waals surface area contributed by atoms with Gasteiger partial charge in [0.25, 0.3) is 5.91 Å². The molecule has 1 aromatic rings. The van der Waals surface area contributed by atoms with E-state index in [1.165, 1.54) is 0 Å². The highest BCUT2D eigenvalue weighted by Crippen LogP contribution is 2.36. The summed E-state index contributed by atoms with van der Waals surface area (Å²) in [4.78, 5) is 52.6. The summed E-state index contributed by atoms with van der Waals surface area (Å²) in [7, 11) is 0. The lowest BCUT2D eigenvalue weighted by molar-refractivity contribution is -0.151. The summed E-state index contributed by atoms with van der Waals surface area (Å²) in [5, 5.41) is 14.1. The predicted octanol–water partition coefficient (Wildman–Crippen LogP) is 0.194.